The van der Waals surface area contributed by atoms with E-state index in [1.54, 1.807) is 0 Å². The van der Waals surface area contributed by atoms with E-state index in [0.717, 1.165) is 42.0 Å². The zero-order valence-corrected chi connectivity index (χ0v) is 18.9. The van der Waals surface area contributed by atoms with Gasteiger partial charge in [-0.05, 0) is 77.3 Å². The molecule has 2 aliphatic rings. The van der Waals surface area contributed by atoms with Gasteiger partial charge >= 0.3 is 0 Å². The Hall–Kier alpha value is -3.27. The van der Waals surface area contributed by atoms with Crippen molar-refractivity contribution >= 4 is 11.6 Å². The maximum absolute atomic E-state index is 13.4. The third-order valence-electron chi connectivity index (χ3n) is 6.73. The Morgan fingerprint density at radius 1 is 1.00 bits per heavy atom. The van der Waals surface area contributed by atoms with E-state index in [2.05, 4.69) is 62.5 Å². The lowest BCUT2D eigenvalue weighted by Crippen LogP contribution is -2.27. The number of anilines is 1. The topological polar surface area (TPSA) is 47.6 Å². The molecule has 1 aliphatic carbocycles. The second-order valence-electron chi connectivity index (χ2n) is 9.07. The van der Waals surface area contributed by atoms with E-state index in [1.165, 1.54) is 22.3 Å². The molecule has 3 aromatic carbocycles. The van der Waals surface area contributed by atoms with Gasteiger partial charge in [-0.15, -0.1) is 0 Å². The molecule has 4 nitrogen and oxygen atoms in total. The van der Waals surface area contributed by atoms with Crippen LogP contribution < -0.4 is 14.8 Å². The first-order chi connectivity index (χ1) is 15.5. The average molecular weight is 430 g/mol. The summed E-state index contributed by atoms with van der Waals surface area (Å²) in [6.45, 7) is 6.85. The van der Waals surface area contributed by atoms with Gasteiger partial charge in [-0.2, -0.15) is 0 Å². The largest absolute Gasteiger partial charge is 0.454 e. The van der Waals surface area contributed by atoms with Crippen molar-refractivity contribution < 1.29 is 15.7 Å². The van der Waals surface area contributed by atoms with Gasteiger partial charge in [-0.1, -0.05) is 57.2 Å². The number of carbonyl (C=O) groups is 1. The van der Waals surface area contributed by atoms with Gasteiger partial charge in [0.1, 0.15) is 0 Å². The van der Waals surface area contributed by atoms with E-state index in [0.29, 0.717) is 5.92 Å². The molecule has 3 aromatic rings. The summed E-state index contributed by atoms with van der Waals surface area (Å²) in [4.78, 5) is 13.4. The monoisotopic (exact) mass is 429 g/mol. The number of ether oxygens (including phenoxy) is 2. The summed E-state index contributed by atoms with van der Waals surface area (Å²) in [5.74, 6) is 1.94. The molecule has 4 heteroatoms. The molecule has 5 rings (SSSR count). The zero-order chi connectivity index (χ0) is 22.3. The smallest absolute Gasteiger partial charge is 0.235 e. The number of hydrogen-bond acceptors (Lipinski definition) is 3. The highest BCUT2D eigenvalue weighted by Gasteiger charge is 2.51. The molecule has 0 radical (unpaired) electrons. The SMILES string of the molecule is CCc1ccc(NC(=O)C2(c3ccc4c(c3)OCO4)CC2)cc1-c1ccccc1C(C)C.[HH]. The number of aryl methyl sites for hydroxylation is 1. The van der Waals surface area contributed by atoms with Crippen LogP contribution in [0.5, 0.6) is 11.5 Å². The molecular weight excluding hydrogens is 398 g/mol. The van der Waals surface area contributed by atoms with Crippen molar-refractivity contribution in [2.45, 2.75) is 51.4 Å². The van der Waals surface area contributed by atoms with Gasteiger partial charge in [-0.25, -0.2) is 0 Å². The summed E-state index contributed by atoms with van der Waals surface area (Å²) in [6.07, 6.45) is 2.63. The minimum absolute atomic E-state index is 0. The molecule has 0 bridgehead atoms. The second kappa shape index (κ2) is 8.01. The van der Waals surface area contributed by atoms with Crippen molar-refractivity contribution in [3.05, 3.63) is 77.4 Å². The first kappa shape index (κ1) is 20.6. The number of fused-ring (bicyclic) bond motifs is 1. The van der Waals surface area contributed by atoms with Gasteiger partial charge in [-0.3, -0.25) is 4.79 Å². The summed E-state index contributed by atoms with van der Waals surface area (Å²) in [7, 11) is 0. The number of nitrogens with one attached hydrogen (secondary N) is 1. The Bertz CT molecular complexity index is 1180. The molecule has 32 heavy (non-hydrogen) atoms. The van der Waals surface area contributed by atoms with Gasteiger partial charge < -0.3 is 14.8 Å². The number of hydrogen-bond donors (Lipinski definition) is 1. The van der Waals surface area contributed by atoms with Crippen LogP contribution in [0.4, 0.5) is 5.69 Å². The Labute approximate surface area is 191 Å². The Morgan fingerprint density at radius 3 is 2.53 bits per heavy atom. The molecule has 0 atom stereocenters. The molecule has 0 saturated heterocycles. The van der Waals surface area contributed by atoms with Gasteiger partial charge in [0.05, 0.1) is 5.41 Å². The van der Waals surface area contributed by atoms with Crippen molar-refractivity contribution in [2.24, 2.45) is 0 Å². The summed E-state index contributed by atoms with van der Waals surface area (Å²) in [5.41, 5.74) is 6.40. The maximum atomic E-state index is 13.4. The highest BCUT2D eigenvalue weighted by atomic mass is 16.7. The first-order valence-electron chi connectivity index (χ1n) is 11.5. The van der Waals surface area contributed by atoms with E-state index < -0.39 is 5.41 Å². The van der Waals surface area contributed by atoms with Crippen molar-refractivity contribution in [2.75, 3.05) is 12.1 Å². The highest BCUT2D eigenvalue weighted by molar-refractivity contribution is 6.02. The highest BCUT2D eigenvalue weighted by Crippen LogP contribution is 2.51. The number of benzene rings is 3. The normalized spacial score (nSPS) is 15.6. The van der Waals surface area contributed by atoms with Crippen LogP contribution in [0.3, 0.4) is 0 Å². The van der Waals surface area contributed by atoms with E-state index in [-0.39, 0.29) is 14.1 Å². The van der Waals surface area contributed by atoms with Crippen LogP contribution in [-0.4, -0.2) is 12.7 Å². The summed E-state index contributed by atoms with van der Waals surface area (Å²) in [5, 5.41) is 3.21. The van der Waals surface area contributed by atoms with Crippen molar-refractivity contribution in [1.82, 2.24) is 0 Å². The predicted octanol–water partition coefficient (Wildman–Crippen LogP) is 6.68. The van der Waals surface area contributed by atoms with Gasteiger partial charge in [0.25, 0.3) is 0 Å². The predicted molar refractivity (Wildman–Crippen MR) is 130 cm³/mol. The van der Waals surface area contributed by atoms with E-state index >= 15 is 0 Å². The molecule has 0 spiro atoms. The molecule has 1 N–H and O–H groups in total. The Balaban J connectivity index is 0.00000259. The minimum atomic E-state index is -0.486. The van der Waals surface area contributed by atoms with E-state index in [1.807, 2.05) is 24.3 Å². The van der Waals surface area contributed by atoms with Crippen molar-refractivity contribution in [1.29, 1.82) is 0 Å². The van der Waals surface area contributed by atoms with Gasteiger partial charge in [0, 0.05) is 7.11 Å². The van der Waals surface area contributed by atoms with E-state index in [9.17, 15) is 4.79 Å². The summed E-state index contributed by atoms with van der Waals surface area (Å²) < 4.78 is 11.0. The van der Waals surface area contributed by atoms with Crippen LogP contribution in [0.2, 0.25) is 0 Å². The van der Waals surface area contributed by atoms with Crippen LogP contribution in [0.25, 0.3) is 11.1 Å². The average Bonchev–Trinajstić information content (AvgIpc) is 3.50. The fourth-order valence-electron chi connectivity index (χ4n) is 4.68. The second-order valence-corrected chi connectivity index (χ2v) is 9.07. The number of carbonyl (C=O) groups excluding carboxylic acids is 1. The number of rotatable bonds is 6. The molecule has 1 aliphatic heterocycles. The lowest BCUT2D eigenvalue weighted by atomic mass is 9.89. The van der Waals surface area contributed by atoms with E-state index in [4.69, 9.17) is 9.47 Å². The minimum Gasteiger partial charge on any atom is -0.454 e. The third kappa shape index (κ3) is 3.54. The van der Waals surface area contributed by atoms with Crippen LogP contribution in [0.15, 0.2) is 60.7 Å². The van der Waals surface area contributed by atoms with Crippen LogP contribution in [0.1, 0.15) is 57.6 Å². The third-order valence-corrected chi connectivity index (χ3v) is 6.73. The number of amides is 1. The zero-order valence-electron chi connectivity index (χ0n) is 18.9. The lowest BCUT2D eigenvalue weighted by Gasteiger charge is -2.19. The first-order valence-corrected chi connectivity index (χ1v) is 11.5. The Morgan fingerprint density at radius 2 is 1.78 bits per heavy atom. The standard InChI is InChI=1S/C28H29NO3.H2/c1-4-19-9-11-21(16-24(19)23-8-6-5-7-22(23)18(2)3)29-27(30)28(13-14-28)20-10-12-25-26(15-20)32-17-31-25;/h5-12,15-16,18H,4,13-14,17H2,1-3H3,(H,29,30);1H. The fourth-order valence-corrected chi connectivity index (χ4v) is 4.68. The lowest BCUT2D eigenvalue weighted by molar-refractivity contribution is -0.118. The molecule has 1 fully saturated rings. The molecule has 0 unspecified atom stereocenters. The molecule has 1 saturated carbocycles. The van der Waals surface area contributed by atoms with Crippen molar-refractivity contribution in [3.8, 4) is 22.6 Å². The van der Waals surface area contributed by atoms with Crippen LogP contribution in [-0.2, 0) is 16.6 Å². The van der Waals surface area contributed by atoms with Crippen LogP contribution >= 0.6 is 0 Å². The van der Waals surface area contributed by atoms with Crippen LogP contribution in [0, 0.1) is 0 Å². The quantitative estimate of drug-likeness (QED) is 0.475. The molecule has 1 amide bonds. The van der Waals surface area contributed by atoms with Crippen molar-refractivity contribution in [3.63, 3.8) is 0 Å². The summed E-state index contributed by atoms with van der Waals surface area (Å²) in [6, 6.07) is 20.7. The maximum Gasteiger partial charge on any atom is 0.235 e. The van der Waals surface area contributed by atoms with Gasteiger partial charge in [0.15, 0.2) is 11.5 Å². The molecule has 1 heterocycles. The molecular formula is C28H31NO3. The molecule has 166 valence electrons. The fraction of sp³-hybridized carbons (Fsp3) is 0.321. The molecule has 0 aromatic heterocycles. The Kier molecular flexibility index (Phi) is 5.16. The van der Waals surface area contributed by atoms with Gasteiger partial charge in [0.2, 0.25) is 12.7 Å². The summed E-state index contributed by atoms with van der Waals surface area (Å²) >= 11 is 0.